The fourth-order valence-electron chi connectivity index (χ4n) is 1.54. The van der Waals surface area contributed by atoms with E-state index in [-0.39, 0.29) is 23.8 Å². The first-order chi connectivity index (χ1) is 8.15. The highest BCUT2D eigenvalue weighted by Gasteiger charge is 2.06. The molecule has 3 heteroatoms. The summed E-state index contributed by atoms with van der Waals surface area (Å²) in [6.07, 6.45) is 0.227. The molecule has 0 aliphatic carbocycles. The molecule has 0 bridgehead atoms. The van der Waals surface area contributed by atoms with Crippen molar-refractivity contribution < 1.29 is 14.3 Å². The number of aromatic hydroxyl groups is 1. The number of ketones is 1. The summed E-state index contributed by atoms with van der Waals surface area (Å²) in [4.78, 5) is 11.8. The summed E-state index contributed by atoms with van der Waals surface area (Å²) in [6.45, 7) is 0. The van der Waals surface area contributed by atoms with Crippen LogP contribution < -0.4 is 0 Å². The third-order valence-corrected chi connectivity index (χ3v) is 2.47. The molecule has 2 aromatic rings. The number of carbonyl (C=O) groups excluding carboxylic acids is 1. The van der Waals surface area contributed by atoms with Crippen LogP contribution in [0, 0.1) is 5.82 Å². The molecule has 0 aliphatic rings. The van der Waals surface area contributed by atoms with Crippen LogP contribution in [0.15, 0.2) is 48.5 Å². The molecule has 0 heterocycles. The van der Waals surface area contributed by atoms with Gasteiger partial charge in [-0.1, -0.05) is 12.1 Å². The Morgan fingerprint density at radius 2 is 1.59 bits per heavy atom. The van der Waals surface area contributed by atoms with Crippen LogP contribution in [0.4, 0.5) is 4.39 Å². The van der Waals surface area contributed by atoms with Gasteiger partial charge in [-0.25, -0.2) is 4.39 Å². The number of benzene rings is 2. The SMILES string of the molecule is O=C(Cc1ccc(F)cc1)c1ccc(O)cc1. The van der Waals surface area contributed by atoms with Crippen LogP contribution in [0.2, 0.25) is 0 Å². The molecule has 0 fully saturated rings. The lowest BCUT2D eigenvalue weighted by Gasteiger charge is -2.01. The van der Waals surface area contributed by atoms with Gasteiger partial charge >= 0.3 is 0 Å². The Hall–Kier alpha value is -2.16. The molecule has 0 atom stereocenters. The number of halogens is 1. The number of phenolic OH excluding ortho intramolecular Hbond substituents is 1. The standard InChI is InChI=1S/C14H11FO2/c15-12-5-1-10(2-6-12)9-14(17)11-3-7-13(16)8-4-11/h1-8,16H,9H2. The van der Waals surface area contributed by atoms with Gasteiger partial charge in [0, 0.05) is 12.0 Å². The minimum Gasteiger partial charge on any atom is -0.508 e. The lowest BCUT2D eigenvalue weighted by atomic mass is 10.0. The van der Waals surface area contributed by atoms with Crippen LogP contribution in [-0.2, 0) is 6.42 Å². The van der Waals surface area contributed by atoms with Crippen LogP contribution in [-0.4, -0.2) is 10.9 Å². The second kappa shape index (κ2) is 4.78. The van der Waals surface area contributed by atoms with Crippen molar-refractivity contribution >= 4 is 5.78 Å². The van der Waals surface area contributed by atoms with E-state index in [0.29, 0.717) is 5.56 Å². The summed E-state index contributed by atoms with van der Waals surface area (Å²) in [5, 5.41) is 9.11. The monoisotopic (exact) mass is 230 g/mol. The predicted octanol–water partition coefficient (Wildman–Crippen LogP) is 2.96. The molecule has 86 valence electrons. The van der Waals surface area contributed by atoms with Crippen molar-refractivity contribution in [3.05, 3.63) is 65.5 Å². The van der Waals surface area contributed by atoms with Crippen molar-refractivity contribution in [1.29, 1.82) is 0 Å². The molecule has 17 heavy (non-hydrogen) atoms. The molecule has 1 N–H and O–H groups in total. The largest absolute Gasteiger partial charge is 0.508 e. The smallest absolute Gasteiger partial charge is 0.167 e. The molecule has 0 amide bonds. The van der Waals surface area contributed by atoms with E-state index in [1.54, 1.807) is 24.3 Å². The molecular weight excluding hydrogens is 219 g/mol. The lowest BCUT2D eigenvalue weighted by Crippen LogP contribution is -2.03. The van der Waals surface area contributed by atoms with E-state index in [1.165, 1.54) is 24.3 Å². The van der Waals surface area contributed by atoms with Gasteiger partial charge in [0.05, 0.1) is 0 Å². The van der Waals surface area contributed by atoms with E-state index >= 15 is 0 Å². The third-order valence-electron chi connectivity index (χ3n) is 2.47. The summed E-state index contributed by atoms with van der Waals surface area (Å²) in [5.74, 6) is -0.245. The van der Waals surface area contributed by atoms with Gasteiger partial charge in [-0.3, -0.25) is 4.79 Å². The quantitative estimate of drug-likeness (QED) is 0.823. The van der Waals surface area contributed by atoms with Crippen molar-refractivity contribution in [1.82, 2.24) is 0 Å². The van der Waals surface area contributed by atoms with Crippen molar-refractivity contribution in [2.75, 3.05) is 0 Å². The van der Waals surface area contributed by atoms with E-state index in [9.17, 15) is 9.18 Å². The molecule has 0 aromatic heterocycles. The van der Waals surface area contributed by atoms with E-state index < -0.39 is 0 Å². The van der Waals surface area contributed by atoms with Crippen molar-refractivity contribution in [2.24, 2.45) is 0 Å². The second-order valence-corrected chi connectivity index (χ2v) is 3.77. The van der Waals surface area contributed by atoms with Crippen LogP contribution in [0.25, 0.3) is 0 Å². The Bertz CT molecular complexity index is 515. The Morgan fingerprint density at radius 3 is 2.18 bits per heavy atom. The maximum Gasteiger partial charge on any atom is 0.167 e. The lowest BCUT2D eigenvalue weighted by molar-refractivity contribution is 0.0993. The summed E-state index contributed by atoms with van der Waals surface area (Å²) >= 11 is 0. The van der Waals surface area contributed by atoms with Crippen molar-refractivity contribution in [3.63, 3.8) is 0 Å². The highest BCUT2D eigenvalue weighted by atomic mass is 19.1. The normalized spacial score (nSPS) is 10.2. The zero-order valence-corrected chi connectivity index (χ0v) is 9.06. The molecule has 2 aromatic carbocycles. The molecular formula is C14H11FO2. The Kier molecular flexibility index (Phi) is 3.19. The van der Waals surface area contributed by atoms with Crippen molar-refractivity contribution in [3.8, 4) is 5.75 Å². The van der Waals surface area contributed by atoms with Gasteiger partial charge in [0.15, 0.2) is 5.78 Å². The third kappa shape index (κ3) is 2.91. The average Bonchev–Trinajstić information content (AvgIpc) is 2.33. The number of hydrogen-bond donors (Lipinski definition) is 1. The number of phenols is 1. The van der Waals surface area contributed by atoms with Crippen LogP contribution >= 0.6 is 0 Å². The second-order valence-electron chi connectivity index (χ2n) is 3.77. The van der Waals surface area contributed by atoms with Gasteiger partial charge in [0.2, 0.25) is 0 Å². The summed E-state index contributed by atoms with van der Waals surface area (Å²) in [7, 11) is 0. The zero-order valence-electron chi connectivity index (χ0n) is 9.06. The fourth-order valence-corrected chi connectivity index (χ4v) is 1.54. The van der Waals surface area contributed by atoms with Crippen molar-refractivity contribution in [2.45, 2.75) is 6.42 Å². The average molecular weight is 230 g/mol. The van der Waals surface area contributed by atoms with Gasteiger partial charge < -0.3 is 5.11 Å². The molecule has 0 spiro atoms. The molecule has 2 nitrogen and oxygen atoms in total. The molecule has 0 aliphatic heterocycles. The minimum absolute atomic E-state index is 0.0587. The first-order valence-corrected chi connectivity index (χ1v) is 5.22. The predicted molar refractivity (Wildman–Crippen MR) is 62.5 cm³/mol. The van der Waals surface area contributed by atoms with Gasteiger partial charge in [0.25, 0.3) is 0 Å². The zero-order chi connectivity index (χ0) is 12.3. The van der Waals surface area contributed by atoms with Gasteiger partial charge in [-0.15, -0.1) is 0 Å². The van der Waals surface area contributed by atoms with Crippen LogP contribution in [0.1, 0.15) is 15.9 Å². The number of rotatable bonds is 3. The summed E-state index contributed by atoms with van der Waals surface area (Å²) in [5.41, 5.74) is 1.30. The number of hydrogen-bond acceptors (Lipinski definition) is 2. The summed E-state index contributed by atoms with van der Waals surface area (Å²) in [6, 6.07) is 11.9. The van der Waals surface area contributed by atoms with Crippen LogP contribution in [0.3, 0.4) is 0 Å². The van der Waals surface area contributed by atoms with Gasteiger partial charge in [-0.05, 0) is 42.0 Å². The maximum absolute atomic E-state index is 12.7. The Labute approximate surface area is 98.3 Å². The molecule has 0 saturated carbocycles. The summed E-state index contributed by atoms with van der Waals surface area (Å²) < 4.78 is 12.7. The van der Waals surface area contributed by atoms with Gasteiger partial charge in [0.1, 0.15) is 11.6 Å². The number of carbonyl (C=O) groups is 1. The molecule has 0 saturated heterocycles. The highest BCUT2D eigenvalue weighted by Crippen LogP contribution is 2.12. The molecule has 0 radical (unpaired) electrons. The minimum atomic E-state index is -0.314. The van der Waals surface area contributed by atoms with E-state index in [1.807, 2.05) is 0 Å². The van der Waals surface area contributed by atoms with E-state index in [2.05, 4.69) is 0 Å². The Morgan fingerprint density at radius 1 is 1.00 bits per heavy atom. The van der Waals surface area contributed by atoms with E-state index in [4.69, 9.17) is 5.11 Å². The van der Waals surface area contributed by atoms with E-state index in [0.717, 1.165) is 5.56 Å². The first kappa shape index (κ1) is 11.3. The molecule has 0 unspecified atom stereocenters. The molecule has 2 rings (SSSR count). The maximum atomic E-state index is 12.7. The fraction of sp³-hybridized carbons (Fsp3) is 0.0714. The van der Waals surface area contributed by atoms with Gasteiger partial charge in [-0.2, -0.15) is 0 Å². The highest BCUT2D eigenvalue weighted by molar-refractivity contribution is 5.97. The topological polar surface area (TPSA) is 37.3 Å². The van der Waals surface area contributed by atoms with Crippen LogP contribution in [0.5, 0.6) is 5.75 Å². The Balaban J connectivity index is 2.11. The number of Topliss-reactive ketones (excluding diaryl/α,β-unsaturated/α-hetero) is 1. The first-order valence-electron chi connectivity index (χ1n) is 5.22.